The normalized spacial score (nSPS) is 16.9. The summed E-state index contributed by atoms with van der Waals surface area (Å²) in [6.07, 6.45) is 19.8. The molecule has 1 aliphatic carbocycles. The molecule has 0 radical (unpaired) electrons. The Kier molecular flexibility index (Phi) is 16.6. The largest absolute Gasteiger partial charge is 0.382 e. The van der Waals surface area contributed by atoms with Crippen LogP contribution in [0.1, 0.15) is 110 Å². The second-order valence-electron chi connectivity index (χ2n) is 9.25. The fourth-order valence-electron chi connectivity index (χ4n) is 4.58. The van der Waals surface area contributed by atoms with Gasteiger partial charge in [-0.25, -0.2) is 14.5 Å². The van der Waals surface area contributed by atoms with Crippen LogP contribution in [0.15, 0.2) is 47.9 Å². The molecule has 0 aliphatic heterocycles. The number of aliphatic imine (C=N–C) groups is 1. The van der Waals surface area contributed by atoms with Gasteiger partial charge in [0.1, 0.15) is 29.1 Å². The number of nitrogens with one attached hydrogen (secondary N) is 1. The van der Waals surface area contributed by atoms with E-state index in [1.165, 1.54) is 6.33 Å². The van der Waals surface area contributed by atoms with Gasteiger partial charge in [0.15, 0.2) is 5.82 Å². The summed E-state index contributed by atoms with van der Waals surface area (Å²) in [7, 11) is 0. The Labute approximate surface area is 247 Å². The first-order chi connectivity index (χ1) is 19.9. The van der Waals surface area contributed by atoms with Crippen LogP contribution in [0.2, 0.25) is 0 Å². The number of carbonyl (C=O) groups excluding carboxylic acids is 1. The molecule has 3 aromatic heterocycles. The molecule has 1 saturated carbocycles. The summed E-state index contributed by atoms with van der Waals surface area (Å²) in [5.74, 6) is 2.02. The first-order valence-electron chi connectivity index (χ1n) is 15.0. The number of hydrogen-bond acceptors (Lipinski definition) is 6. The summed E-state index contributed by atoms with van der Waals surface area (Å²) < 4.78 is 1.84. The molecule has 224 valence electrons. The summed E-state index contributed by atoms with van der Waals surface area (Å²) in [6.45, 7) is 17.7. The highest BCUT2D eigenvalue weighted by Gasteiger charge is 2.30. The lowest BCUT2D eigenvalue weighted by molar-refractivity contribution is -0.121. The maximum atomic E-state index is 11.7. The number of fused-ring (bicyclic) bond motifs is 1. The number of hydrogen-bond donors (Lipinski definition) is 2. The van der Waals surface area contributed by atoms with Crippen LogP contribution in [-0.4, -0.2) is 36.6 Å². The molecule has 0 spiro atoms. The Balaban J connectivity index is 0.000000662. The van der Waals surface area contributed by atoms with Gasteiger partial charge < -0.3 is 10.7 Å². The van der Waals surface area contributed by atoms with Gasteiger partial charge in [0.05, 0.1) is 5.69 Å². The number of carbonyl (C=O) groups is 1. The molecule has 0 amide bonds. The van der Waals surface area contributed by atoms with Gasteiger partial charge in [-0.05, 0) is 71.4 Å². The van der Waals surface area contributed by atoms with Gasteiger partial charge in [-0.3, -0.25) is 9.79 Å². The van der Waals surface area contributed by atoms with Crippen LogP contribution < -0.4 is 5.73 Å². The number of aromatic amines is 1. The second-order valence-corrected chi connectivity index (χ2v) is 9.25. The number of allylic oxidation sites excluding steroid dienone is 4. The lowest BCUT2D eigenvalue weighted by Gasteiger charge is -2.25. The number of imidazole rings is 1. The summed E-state index contributed by atoms with van der Waals surface area (Å²) in [6, 6.07) is 2.08. The van der Waals surface area contributed by atoms with Crippen molar-refractivity contribution in [2.45, 2.75) is 100 Å². The third-order valence-electron chi connectivity index (χ3n) is 6.57. The van der Waals surface area contributed by atoms with E-state index in [1.807, 2.05) is 83.5 Å². The Bertz CT molecular complexity index is 1300. The van der Waals surface area contributed by atoms with Crippen LogP contribution in [-0.2, 0) is 4.79 Å². The Morgan fingerprint density at radius 1 is 1.12 bits per heavy atom. The summed E-state index contributed by atoms with van der Waals surface area (Å²) >= 11 is 0. The number of nitrogens with zero attached hydrogens (tertiary/aromatic N) is 5. The topological polar surface area (TPSA) is 114 Å². The average Bonchev–Trinajstić information content (AvgIpc) is 3.57. The van der Waals surface area contributed by atoms with E-state index in [4.69, 9.17) is 10.7 Å². The lowest BCUT2D eigenvalue weighted by atomic mass is 9.80. The zero-order valence-corrected chi connectivity index (χ0v) is 26.6. The van der Waals surface area contributed by atoms with E-state index in [9.17, 15) is 4.79 Å². The minimum atomic E-state index is 0.171. The van der Waals surface area contributed by atoms with Gasteiger partial charge in [0.25, 0.3) is 0 Å². The number of nitrogen functional groups attached to an aromatic ring is 1. The molecule has 0 bridgehead atoms. The Morgan fingerprint density at radius 3 is 2.39 bits per heavy atom. The summed E-state index contributed by atoms with van der Waals surface area (Å²) in [5, 5.41) is 4.47. The molecule has 0 saturated heterocycles. The number of ketones is 1. The first-order valence-corrected chi connectivity index (χ1v) is 15.0. The van der Waals surface area contributed by atoms with E-state index in [0.717, 1.165) is 66.1 Å². The highest BCUT2D eigenvalue weighted by Crippen LogP contribution is 2.38. The highest BCUT2D eigenvalue weighted by atomic mass is 16.1. The second kappa shape index (κ2) is 19.3. The highest BCUT2D eigenvalue weighted by molar-refractivity contribution is 5.84. The summed E-state index contributed by atoms with van der Waals surface area (Å²) in [5.41, 5.74) is 10.8. The average molecular weight is 562 g/mol. The van der Waals surface area contributed by atoms with Crippen LogP contribution in [0.4, 0.5) is 5.82 Å². The molecule has 1 fully saturated rings. The van der Waals surface area contributed by atoms with Crippen molar-refractivity contribution >= 4 is 29.4 Å². The van der Waals surface area contributed by atoms with Crippen molar-refractivity contribution in [3.63, 3.8) is 0 Å². The van der Waals surface area contributed by atoms with Crippen LogP contribution in [0.5, 0.6) is 0 Å². The molecule has 3 heterocycles. The molecule has 4 rings (SSSR count). The van der Waals surface area contributed by atoms with Crippen molar-refractivity contribution in [3.05, 3.63) is 60.0 Å². The van der Waals surface area contributed by atoms with Gasteiger partial charge >= 0.3 is 0 Å². The van der Waals surface area contributed by atoms with Gasteiger partial charge in [-0.15, -0.1) is 0 Å². The van der Waals surface area contributed by atoms with Crippen molar-refractivity contribution in [3.8, 4) is 11.4 Å². The fraction of sp³-hybridized carbons (Fsp3) is 0.485. The first kappa shape index (κ1) is 35.2. The van der Waals surface area contributed by atoms with Crippen molar-refractivity contribution in [1.29, 1.82) is 0 Å². The molecule has 0 atom stereocenters. The molecule has 3 N–H and O–H groups in total. The van der Waals surface area contributed by atoms with Crippen LogP contribution >= 0.6 is 0 Å². The third-order valence-corrected chi connectivity index (χ3v) is 6.57. The number of anilines is 1. The standard InChI is InChI=1S/C23H28N6O.C6H11N.2C2H6/c1-4-5-6-7-18-12-19(27-14(18)2)20-21-22(24)25-13-26-29(21)23(28-20)17-10-8-16(9-11-17)15(3)30;1-3-5-7-6-4-2;2*1-2/h4-7,12-13,16-17,27H,8-11H2,1-3H3,(H2,24,25,26);3,5-6H,4H2,1-2H3;2*1-2H3/b5-4+,7-6-;5-3-,7-6?;;. The predicted octanol–water partition coefficient (Wildman–Crippen LogP) is 8.52. The number of Topliss-reactive ketones (excluding diaryl/α,β-unsaturated/α-hetero) is 1. The van der Waals surface area contributed by atoms with E-state index in [2.05, 4.69) is 39.1 Å². The molecule has 3 aromatic rings. The molecule has 1 aliphatic rings. The molecular weight excluding hydrogens is 510 g/mol. The zero-order chi connectivity index (χ0) is 30.8. The number of nitrogens with two attached hydrogens (primary N) is 1. The van der Waals surface area contributed by atoms with Crippen LogP contribution in [0.25, 0.3) is 23.0 Å². The minimum absolute atomic E-state index is 0.171. The number of H-pyrrole nitrogens is 1. The molecule has 0 aromatic carbocycles. The van der Waals surface area contributed by atoms with E-state index >= 15 is 0 Å². The van der Waals surface area contributed by atoms with Crippen molar-refractivity contribution in [2.75, 3.05) is 5.73 Å². The predicted molar refractivity (Wildman–Crippen MR) is 175 cm³/mol. The van der Waals surface area contributed by atoms with E-state index in [1.54, 1.807) is 13.1 Å². The van der Waals surface area contributed by atoms with E-state index < -0.39 is 0 Å². The van der Waals surface area contributed by atoms with Gasteiger partial charge in [0, 0.05) is 29.9 Å². The van der Waals surface area contributed by atoms with Gasteiger partial charge in [-0.1, -0.05) is 65.0 Å². The number of rotatable bonds is 7. The maximum absolute atomic E-state index is 11.7. The van der Waals surface area contributed by atoms with Crippen LogP contribution in [0.3, 0.4) is 0 Å². The van der Waals surface area contributed by atoms with E-state index in [-0.39, 0.29) is 17.6 Å². The molecule has 0 unspecified atom stereocenters. The van der Waals surface area contributed by atoms with Crippen LogP contribution in [0, 0.1) is 12.8 Å². The molecule has 8 heteroatoms. The smallest absolute Gasteiger partial charge is 0.153 e. The van der Waals surface area contributed by atoms with Gasteiger partial charge in [-0.2, -0.15) is 5.10 Å². The third kappa shape index (κ3) is 9.95. The zero-order valence-electron chi connectivity index (χ0n) is 26.6. The molecular formula is C33H51N7O. The fourth-order valence-corrected chi connectivity index (χ4v) is 4.58. The van der Waals surface area contributed by atoms with Crippen molar-refractivity contribution in [2.24, 2.45) is 10.9 Å². The molecule has 41 heavy (non-hydrogen) atoms. The number of aromatic nitrogens is 5. The van der Waals surface area contributed by atoms with Crippen molar-refractivity contribution < 1.29 is 4.79 Å². The Hall–Kier alpha value is -3.81. The SMILES string of the molecule is C/C=C/C=C\c1cc(-c2nc(C3CCC(C(C)=O)CC3)n3ncnc(N)c23)[nH]c1C.C/C=C\N=CCC.CC.CC. The quantitative estimate of drug-likeness (QED) is 0.222. The minimum Gasteiger partial charge on any atom is -0.382 e. The maximum Gasteiger partial charge on any atom is 0.153 e. The summed E-state index contributed by atoms with van der Waals surface area (Å²) in [4.78, 5) is 28.3. The Morgan fingerprint density at radius 2 is 1.80 bits per heavy atom. The van der Waals surface area contributed by atoms with Crippen molar-refractivity contribution in [1.82, 2.24) is 24.6 Å². The van der Waals surface area contributed by atoms with Gasteiger partial charge in [0.2, 0.25) is 0 Å². The monoisotopic (exact) mass is 561 g/mol. The van der Waals surface area contributed by atoms with E-state index in [0.29, 0.717) is 5.82 Å². The number of aryl methyl sites for hydroxylation is 1. The molecule has 8 nitrogen and oxygen atoms in total. The lowest BCUT2D eigenvalue weighted by Crippen LogP contribution is -2.20.